The molecule has 0 spiro atoms. The molecular formula is C26H50N2O2. The van der Waals surface area contributed by atoms with Gasteiger partial charge in [-0.2, -0.15) is 0 Å². The Balaban J connectivity index is 2.41. The summed E-state index contributed by atoms with van der Waals surface area (Å²) in [5.41, 5.74) is 6.06. The fraction of sp³-hybridized carbons (Fsp3) is 0.923. The highest BCUT2D eigenvalue weighted by Gasteiger charge is 2.31. The summed E-state index contributed by atoms with van der Waals surface area (Å²) in [6.45, 7) is 4.46. The molecule has 0 heterocycles. The molecule has 0 aromatic heterocycles. The fourth-order valence-electron chi connectivity index (χ4n) is 4.61. The molecule has 30 heavy (non-hydrogen) atoms. The minimum Gasteiger partial charge on any atom is -0.328 e. The van der Waals surface area contributed by atoms with Gasteiger partial charge < -0.3 is 5.73 Å². The summed E-state index contributed by atoms with van der Waals surface area (Å²) in [5.74, 6) is 0.133. The number of rotatable bonds is 17. The molecule has 1 aliphatic rings. The zero-order valence-corrected chi connectivity index (χ0v) is 20.1. The van der Waals surface area contributed by atoms with Crippen LogP contribution < -0.4 is 5.73 Å². The van der Waals surface area contributed by atoms with Crippen molar-refractivity contribution in [1.82, 2.24) is 4.90 Å². The summed E-state index contributed by atoms with van der Waals surface area (Å²) < 4.78 is 0. The normalized spacial score (nSPS) is 19.0. The van der Waals surface area contributed by atoms with Crippen molar-refractivity contribution in [2.45, 2.75) is 154 Å². The average molecular weight is 423 g/mol. The highest BCUT2D eigenvalue weighted by atomic mass is 16.2. The lowest BCUT2D eigenvalue weighted by atomic mass is 9.90. The standard InChI is InChI=1S/C26H50N2O2/c1-3-5-7-9-11-13-15-17-25(29)28(24-21-19-23(27)20-22-24)26(30)18-16-14-12-10-8-6-4-2/h23-24H,3-22,27H2,1-2H3. The fourth-order valence-corrected chi connectivity index (χ4v) is 4.61. The third-order valence-corrected chi connectivity index (χ3v) is 6.63. The van der Waals surface area contributed by atoms with Crippen molar-refractivity contribution in [3.05, 3.63) is 0 Å². The van der Waals surface area contributed by atoms with E-state index >= 15 is 0 Å². The number of amides is 2. The summed E-state index contributed by atoms with van der Waals surface area (Å²) in [7, 11) is 0. The maximum atomic E-state index is 13.0. The lowest BCUT2D eigenvalue weighted by Crippen LogP contribution is -2.47. The monoisotopic (exact) mass is 422 g/mol. The number of hydrogen-bond acceptors (Lipinski definition) is 3. The van der Waals surface area contributed by atoms with Gasteiger partial charge in [-0.1, -0.05) is 90.9 Å². The highest BCUT2D eigenvalue weighted by molar-refractivity contribution is 5.95. The number of imide groups is 1. The first-order chi connectivity index (χ1) is 14.6. The van der Waals surface area contributed by atoms with Crippen LogP contribution in [0, 0.1) is 0 Å². The van der Waals surface area contributed by atoms with Crippen molar-refractivity contribution in [1.29, 1.82) is 0 Å². The van der Waals surface area contributed by atoms with E-state index in [4.69, 9.17) is 5.73 Å². The molecule has 1 rings (SSSR count). The van der Waals surface area contributed by atoms with Gasteiger partial charge >= 0.3 is 0 Å². The van der Waals surface area contributed by atoms with Gasteiger partial charge in [0.15, 0.2) is 0 Å². The van der Waals surface area contributed by atoms with Gasteiger partial charge in [0.2, 0.25) is 11.8 Å². The van der Waals surface area contributed by atoms with E-state index in [1.54, 1.807) is 4.90 Å². The Bertz CT molecular complexity index is 414. The summed E-state index contributed by atoms with van der Waals surface area (Å²) in [6, 6.07) is 0.318. The van der Waals surface area contributed by atoms with E-state index in [1.807, 2.05) is 0 Å². The van der Waals surface area contributed by atoms with E-state index in [0.29, 0.717) is 12.8 Å². The Kier molecular flexibility index (Phi) is 16.1. The van der Waals surface area contributed by atoms with E-state index in [9.17, 15) is 9.59 Å². The van der Waals surface area contributed by atoms with Crippen molar-refractivity contribution in [3.63, 3.8) is 0 Å². The summed E-state index contributed by atoms with van der Waals surface area (Å²) in [4.78, 5) is 27.6. The molecule has 0 aromatic rings. The number of nitrogens with zero attached hydrogens (tertiary/aromatic N) is 1. The molecule has 176 valence electrons. The minimum absolute atomic E-state index is 0.0666. The van der Waals surface area contributed by atoms with Crippen LogP contribution in [0.15, 0.2) is 0 Å². The highest BCUT2D eigenvalue weighted by Crippen LogP contribution is 2.25. The molecule has 0 radical (unpaired) electrons. The first kappa shape index (κ1) is 27.1. The second-order valence-electron chi connectivity index (χ2n) is 9.47. The summed E-state index contributed by atoms with van der Waals surface area (Å²) >= 11 is 0. The number of unbranched alkanes of at least 4 members (excludes halogenated alkanes) is 12. The van der Waals surface area contributed by atoms with Gasteiger partial charge in [-0.25, -0.2) is 0 Å². The number of carbonyl (C=O) groups excluding carboxylic acids is 2. The molecule has 0 bridgehead atoms. The van der Waals surface area contributed by atoms with Gasteiger partial charge in [-0.05, 0) is 38.5 Å². The van der Waals surface area contributed by atoms with Crippen LogP contribution in [0.3, 0.4) is 0 Å². The number of carbonyl (C=O) groups is 2. The Labute approximate surface area is 186 Å². The molecule has 1 aliphatic carbocycles. The van der Waals surface area contributed by atoms with Crippen LogP contribution in [0.4, 0.5) is 0 Å². The Morgan fingerprint density at radius 1 is 0.633 bits per heavy atom. The van der Waals surface area contributed by atoms with Crippen LogP contribution in [0.5, 0.6) is 0 Å². The predicted molar refractivity (Wildman–Crippen MR) is 127 cm³/mol. The molecule has 0 unspecified atom stereocenters. The summed E-state index contributed by atoms with van der Waals surface area (Å²) in [6.07, 6.45) is 21.4. The smallest absolute Gasteiger partial charge is 0.229 e. The SMILES string of the molecule is CCCCCCCCCC(=O)N(C(=O)CCCCCCCCC)C1CCC(N)CC1. The molecule has 0 aliphatic heterocycles. The second kappa shape index (κ2) is 17.7. The molecule has 0 atom stereocenters. The van der Waals surface area contributed by atoms with Crippen molar-refractivity contribution in [2.75, 3.05) is 0 Å². The third kappa shape index (κ3) is 12.1. The third-order valence-electron chi connectivity index (χ3n) is 6.63. The molecule has 2 N–H and O–H groups in total. The minimum atomic E-state index is 0.0666. The number of hydrogen-bond donors (Lipinski definition) is 1. The lowest BCUT2D eigenvalue weighted by molar-refractivity contribution is -0.148. The zero-order valence-electron chi connectivity index (χ0n) is 20.1. The Morgan fingerprint density at radius 2 is 1.00 bits per heavy atom. The van der Waals surface area contributed by atoms with Crippen molar-refractivity contribution in [2.24, 2.45) is 5.73 Å². The Morgan fingerprint density at radius 3 is 1.40 bits per heavy atom. The topological polar surface area (TPSA) is 63.4 Å². The van der Waals surface area contributed by atoms with Gasteiger partial charge in [0.05, 0.1) is 0 Å². The maximum Gasteiger partial charge on any atom is 0.229 e. The van der Waals surface area contributed by atoms with E-state index in [0.717, 1.165) is 51.4 Å². The maximum absolute atomic E-state index is 13.0. The predicted octanol–water partition coefficient (Wildman–Crippen LogP) is 6.89. The van der Waals surface area contributed by atoms with Crippen LogP contribution in [-0.4, -0.2) is 28.8 Å². The first-order valence-electron chi connectivity index (χ1n) is 13.2. The lowest BCUT2D eigenvalue weighted by Gasteiger charge is -2.35. The molecule has 2 amide bonds. The van der Waals surface area contributed by atoms with Gasteiger partial charge in [-0.15, -0.1) is 0 Å². The van der Waals surface area contributed by atoms with Gasteiger partial charge in [0.25, 0.3) is 0 Å². The Hall–Kier alpha value is -0.900. The molecular weight excluding hydrogens is 372 g/mol. The molecule has 4 nitrogen and oxygen atoms in total. The average Bonchev–Trinajstić information content (AvgIpc) is 2.74. The van der Waals surface area contributed by atoms with E-state index in [1.165, 1.54) is 64.2 Å². The molecule has 0 saturated heterocycles. The van der Waals surface area contributed by atoms with Gasteiger partial charge in [0, 0.05) is 24.9 Å². The van der Waals surface area contributed by atoms with Gasteiger partial charge in [-0.3, -0.25) is 14.5 Å². The van der Waals surface area contributed by atoms with Gasteiger partial charge in [0.1, 0.15) is 0 Å². The zero-order chi connectivity index (χ0) is 22.0. The van der Waals surface area contributed by atoms with Crippen molar-refractivity contribution >= 4 is 11.8 Å². The van der Waals surface area contributed by atoms with Crippen LogP contribution in [0.2, 0.25) is 0 Å². The van der Waals surface area contributed by atoms with E-state index in [2.05, 4.69) is 13.8 Å². The van der Waals surface area contributed by atoms with Crippen LogP contribution in [0.1, 0.15) is 142 Å². The van der Waals surface area contributed by atoms with E-state index in [-0.39, 0.29) is 23.9 Å². The van der Waals surface area contributed by atoms with Crippen LogP contribution in [-0.2, 0) is 9.59 Å². The van der Waals surface area contributed by atoms with E-state index < -0.39 is 0 Å². The second-order valence-corrected chi connectivity index (χ2v) is 9.47. The number of nitrogens with two attached hydrogens (primary N) is 1. The van der Waals surface area contributed by atoms with Crippen LogP contribution >= 0.6 is 0 Å². The summed E-state index contributed by atoms with van der Waals surface area (Å²) in [5, 5.41) is 0. The van der Waals surface area contributed by atoms with Crippen LogP contribution in [0.25, 0.3) is 0 Å². The largest absolute Gasteiger partial charge is 0.328 e. The molecule has 4 heteroatoms. The van der Waals surface area contributed by atoms with Crippen molar-refractivity contribution in [3.8, 4) is 0 Å². The molecule has 1 saturated carbocycles. The molecule has 0 aromatic carbocycles. The molecule has 1 fully saturated rings. The van der Waals surface area contributed by atoms with Crippen molar-refractivity contribution < 1.29 is 9.59 Å². The quantitative estimate of drug-likeness (QED) is 0.259. The first-order valence-corrected chi connectivity index (χ1v) is 13.2.